The molecule has 0 aliphatic rings. The number of para-hydroxylation sites is 2. The summed E-state index contributed by atoms with van der Waals surface area (Å²) in [5, 5.41) is 5.76. The lowest BCUT2D eigenvalue weighted by atomic mass is 10.0. The topological polar surface area (TPSA) is 93.1 Å². The maximum Gasteiger partial charge on any atom is 0.278 e. The van der Waals surface area contributed by atoms with E-state index in [9.17, 15) is 14.4 Å². The van der Waals surface area contributed by atoms with Gasteiger partial charge in [0.2, 0.25) is 11.8 Å². The molecule has 0 fully saturated rings. The third kappa shape index (κ3) is 5.05. The summed E-state index contributed by atoms with van der Waals surface area (Å²) < 4.78 is 1.52. The second-order valence-corrected chi connectivity index (χ2v) is 8.82. The molecule has 0 spiro atoms. The zero-order valence-corrected chi connectivity index (χ0v) is 21.0. The van der Waals surface area contributed by atoms with E-state index in [4.69, 9.17) is 0 Å². The average Bonchev–Trinajstić information content (AvgIpc) is 2.87. The number of aryl methyl sites for hydroxylation is 2. The fraction of sp³-hybridized carbons (Fsp3) is 0.241. The van der Waals surface area contributed by atoms with Crippen LogP contribution in [0.15, 0.2) is 71.5 Å². The Morgan fingerprint density at radius 3 is 2.36 bits per heavy atom. The van der Waals surface area contributed by atoms with Crippen LogP contribution in [0.1, 0.15) is 44.4 Å². The number of anilines is 2. The Labute approximate surface area is 210 Å². The Morgan fingerprint density at radius 2 is 1.69 bits per heavy atom. The molecule has 0 saturated heterocycles. The van der Waals surface area contributed by atoms with E-state index >= 15 is 0 Å². The Hall–Kier alpha value is -4.26. The molecule has 36 heavy (non-hydrogen) atoms. The van der Waals surface area contributed by atoms with Crippen molar-refractivity contribution in [3.05, 3.63) is 88.2 Å². The number of nitrogens with one attached hydrogen (secondary N) is 2. The molecular formula is C29H30N4O3. The van der Waals surface area contributed by atoms with Gasteiger partial charge in [-0.25, -0.2) is 4.98 Å². The van der Waals surface area contributed by atoms with Crippen LogP contribution in [0.5, 0.6) is 0 Å². The maximum atomic E-state index is 14.0. The van der Waals surface area contributed by atoms with E-state index in [0.29, 0.717) is 34.4 Å². The van der Waals surface area contributed by atoms with E-state index in [0.717, 1.165) is 12.0 Å². The first-order chi connectivity index (χ1) is 17.3. The van der Waals surface area contributed by atoms with Crippen molar-refractivity contribution in [1.82, 2.24) is 9.55 Å². The number of fused-ring (bicyclic) bond motifs is 1. The van der Waals surface area contributed by atoms with Crippen molar-refractivity contribution < 1.29 is 9.59 Å². The predicted octanol–water partition coefficient (Wildman–Crippen LogP) is 5.48. The summed E-state index contributed by atoms with van der Waals surface area (Å²) in [4.78, 5) is 44.0. The van der Waals surface area contributed by atoms with Crippen molar-refractivity contribution in [1.29, 1.82) is 0 Å². The van der Waals surface area contributed by atoms with Crippen molar-refractivity contribution in [2.75, 3.05) is 10.6 Å². The Morgan fingerprint density at radius 1 is 0.972 bits per heavy atom. The molecule has 0 aliphatic carbocycles. The summed E-state index contributed by atoms with van der Waals surface area (Å²) >= 11 is 0. The highest BCUT2D eigenvalue weighted by Crippen LogP contribution is 2.29. The molecule has 4 rings (SSSR count). The van der Waals surface area contributed by atoms with Crippen LogP contribution in [-0.2, 0) is 16.0 Å². The monoisotopic (exact) mass is 482 g/mol. The average molecular weight is 483 g/mol. The van der Waals surface area contributed by atoms with Crippen molar-refractivity contribution in [2.24, 2.45) is 0 Å². The second kappa shape index (κ2) is 10.6. The van der Waals surface area contributed by atoms with Gasteiger partial charge in [-0.05, 0) is 61.7 Å². The van der Waals surface area contributed by atoms with Crippen molar-refractivity contribution >= 4 is 34.2 Å². The number of carbonyl (C=O) groups is 2. The molecule has 2 N–H and O–H groups in total. The van der Waals surface area contributed by atoms with Gasteiger partial charge in [-0.2, -0.15) is 0 Å². The number of benzene rings is 3. The summed E-state index contributed by atoms with van der Waals surface area (Å²) in [6.45, 7) is 7.28. The lowest BCUT2D eigenvalue weighted by molar-refractivity contribution is -0.119. The van der Waals surface area contributed by atoms with Crippen LogP contribution in [0.4, 0.5) is 11.4 Å². The van der Waals surface area contributed by atoms with E-state index in [1.807, 2.05) is 68.4 Å². The van der Waals surface area contributed by atoms with Gasteiger partial charge < -0.3 is 10.6 Å². The zero-order valence-electron chi connectivity index (χ0n) is 21.0. The standard InChI is InChI=1S/C29H30N4O3/c1-5-20-12-14-21(15-13-20)31-28(35)25(6-2)33-26-10-8-7-9-24(26)32-27(29(33)36)22-17-18(3)11-16-23(22)30-19(4)34/h7-17,25H,5-6H2,1-4H3,(H,30,34)(H,31,35)/t25-/m0/s1. The molecule has 1 aromatic heterocycles. The van der Waals surface area contributed by atoms with Crippen LogP contribution >= 0.6 is 0 Å². The maximum absolute atomic E-state index is 14.0. The predicted molar refractivity (Wildman–Crippen MR) is 144 cm³/mol. The molecule has 1 heterocycles. The minimum atomic E-state index is -0.760. The molecule has 2 amide bonds. The molecule has 0 aliphatic heterocycles. The second-order valence-electron chi connectivity index (χ2n) is 8.82. The highest BCUT2D eigenvalue weighted by Gasteiger charge is 2.25. The van der Waals surface area contributed by atoms with Crippen LogP contribution in [0, 0.1) is 6.92 Å². The van der Waals surface area contributed by atoms with E-state index < -0.39 is 11.6 Å². The van der Waals surface area contributed by atoms with E-state index in [2.05, 4.69) is 22.5 Å². The zero-order chi connectivity index (χ0) is 25.8. The third-order valence-electron chi connectivity index (χ3n) is 6.17. The van der Waals surface area contributed by atoms with Gasteiger partial charge in [0.05, 0.1) is 16.7 Å². The Kier molecular flexibility index (Phi) is 7.29. The number of aromatic nitrogens is 2. The van der Waals surface area contributed by atoms with Gasteiger partial charge in [-0.3, -0.25) is 19.0 Å². The first-order valence-corrected chi connectivity index (χ1v) is 12.1. The van der Waals surface area contributed by atoms with Gasteiger partial charge >= 0.3 is 0 Å². The minimum absolute atomic E-state index is 0.180. The molecule has 0 saturated carbocycles. The molecule has 0 bridgehead atoms. The number of rotatable bonds is 7. The fourth-order valence-electron chi connectivity index (χ4n) is 4.33. The summed E-state index contributed by atoms with van der Waals surface area (Å²) in [7, 11) is 0. The van der Waals surface area contributed by atoms with Crippen LogP contribution in [0.2, 0.25) is 0 Å². The van der Waals surface area contributed by atoms with Gasteiger partial charge in [0, 0.05) is 18.2 Å². The van der Waals surface area contributed by atoms with Gasteiger partial charge in [-0.1, -0.05) is 49.7 Å². The minimum Gasteiger partial charge on any atom is -0.326 e. The summed E-state index contributed by atoms with van der Waals surface area (Å²) in [6, 6.07) is 19.7. The molecular weight excluding hydrogens is 452 g/mol. The van der Waals surface area contributed by atoms with Crippen molar-refractivity contribution in [3.8, 4) is 11.3 Å². The highest BCUT2D eigenvalue weighted by atomic mass is 16.2. The molecule has 7 heteroatoms. The third-order valence-corrected chi connectivity index (χ3v) is 6.17. The molecule has 4 aromatic rings. The van der Waals surface area contributed by atoms with E-state index in [1.165, 1.54) is 17.1 Å². The first kappa shape index (κ1) is 24.9. The lowest BCUT2D eigenvalue weighted by Gasteiger charge is -2.21. The molecule has 3 aromatic carbocycles. The molecule has 0 unspecified atom stereocenters. The molecule has 7 nitrogen and oxygen atoms in total. The normalized spacial score (nSPS) is 11.8. The van der Waals surface area contributed by atoms with Crippen molar-refractivity contribution in [3.63, 3.8) is 0 Å². The number of amides is 2. The number of carbonyl (C=O) groups excluding carboxylic acids is 2. The van der Waals surface area contributed by atoms with E-state index in [1.54, 1.807) is 12.1 Å². The number of hydrogen-bond donors (Lipinski definition) is 2. The first-order valence-electron chi connectivity index (χ1n) is 12.1. The van der Waals surface area contributed by atoms with Crippen LogP contribution < -0.4 is 16.2 Å². The fourth-order valence-corrected chi connectivity index (χ4v) is 4.33. The smallest absolute Gasteiger partial charge is 0.278 e. The molecule has 184 valence electrons. The molecule has 0 radical (unpaired) electrons. The van der Waals surface area contributed by atoms with Crippen LogP contribution in [-0.4, -0.2) is 21.4 Å². The van der Waals surface area contributed by atoms with Crippen LogP contribution in [0.3, 0.4) is 0 Å². The summed E-state index contributed by atoms with van der Waals surface area (Å²) in [5.41, 5.74) is 4.72. The van der Waals surface area contributed by atoms with E-state index in [-0.39, 0.29) is 17.5 Å². The highest BCUT2D eigenvalue weighted by molar-refractivity contribution is 5.96. The summed E-state index contributed by atoms with van der Waals surface area (Å²) in [6.07, 6.45) is 1.31. The van der Waals surface area contributed by atoms with Crippen molar-refractivity contribution in [2.45, 2.75) is 46.6 Å². The van der Waals surface area contributed by atoms with Gasteiger partial charge in [0.1, 0.15) is 11.7 Å². The quantitative estimate of drug-likeness (QED) is 0.365. The summed E-state index contributed by atoms with van der Waals surface area (Å²) in [5.74, 6) is -0.529. The lowest BCUT2D eigenvalue weighted by Crippen LogP contribution is -2.34. The largest absolute Gasteiger partial charge is 0.326 e. The number of nitrogens with zero attached hydrogens (tertiary/aromatic N) is 2. The molecule has 1 atom stereocenters. The van der Waals surface area contributed by atoms with Gasteiger partial charge in [-0.15, -0.1) is 0 Å². The number of hydrogen-bond acceptors (Lipinski definition) is 4. The Balaban J connectivity index is 1.87. The SMILES string of the molecule is CCc1ccc(NC(=O)[C@H](CC)n2c(=O)c(-c3cc(C)ccc3NC(C)=O)nc3ccccc32)cc1. The van der Waals surface area contributed by atoms with Gasteiger partial charge in [0.25, 0.3) is 5.56 Å². The van der Waals surface area contributed by atoms with Gasteiger partial charge in [0.15, 0.2) is 0 Å². The van der Waals surface area contributed by atoms with Crippen LogP contribution in [0.25, 0.3) is 22.3 Å². The Bertz CT molecular complexity index is 1490.